The van der Waals surface area contributed by atoms with Crippen molar-refractivity contribution >= 4 is 5.91 Å². The molecule has 0 radical (unpaired) electrons. The Labute approximate surface area is 137 Å². The van der Waals surface area contributed by atoms with E-state index in [0.717, 1.165) is 42.9 Å². The summed E-state index contributed by atoms with van der Waals surface area (Å²) in [5.74, 6) is 0.371. The summed E-state index contributed by atoms with van der Waals surface area (Å²) in [5, 5.41) is 2.95. The van der Waals surface area contributed by atoms with Gasteiger partial charge in [-0.2, -0.15) is 0 Å². The lowest BCUT2D eigenvalue weighted by atomic mass is 9.86. The van der Waals surface area contributed by atoms with E-state index in [0.29, 0.717) is 19.6 Å². The van der Waals surface area contributed by atoms with Gasteiger partial charge < -0.3 is 14.8 Å². The maximum atomic E-state index is 12.0. The van der Waals surface area contributed by atoms with Gasteiger partial charge in [-0.1, -0.05) is 13.0 Å². The molecule has 0 bridgehead atoms. The Kier molecular flexibility index (Phi) is 4.97. The zero-order chi connectivity index (χ0) is 16.3. The fourth-order valence-corrected chi connectivity index (χ4v) is 3.26. The van der Waals surface area contributed by atoms with Crippen molar-refractivity contribution in [1.82, 2.24) is 10.3 Å². The van der Waals surface area contributed by atoms with Crippen molar-refractivity contribution in [3.05, 3.63) is 29.6 Å². The highest BCUT2D eigenvalue weighted by atomic mass is 16.7. The van der Waals surface area contributed by atoms with Crippen LogP contribution in [0.15, 0.2) is 18.3 Å². The van der Waals surface area contributed by atoms with Crippen LogP contribution in [0.1, 0.15) is 43.9 Å². The second-order valence-corrected chi connectivity index (χ2v) is 6.93. The van der Waals surface area contributed by atoms with Crippen molar-refractivity contribution in [3.8, 4) is 0 Å². The van der Waals surface area contributed by atoms with Gasteiger partial charge >= 0.3 is 0 Å². The molecule has 5 nitrogen and oxygen atoms in total. The summed E-state index contributed by atoms with van der Waals surface area (Å²) in [6.45, 7) is 5.29. The van der Waals surface area contributed by atoms with E-state index < -0.39 is 0 Å². The van der Waals surface area contributed by atoms with E-state index in [1.165, 1.54) is 0 Å². The number of nitrogens with one attached hydrogen (secondary N) is 1. The first-order chi connectivity index (χ1) is 11.0. The third kappa shape index (κ3) is 4.30. The van der Waals surface area contributed by atoms with Crippen molar-refractivity contribution in [2.75, 3.05) is 13.2 Å². The first-order valence-corrected chi connectivity index (χ1v) is 8.55. The minimum absolute atomic E-state index is 0.00234. The molecule has 3 rings (SSSR count). The van der Waals surface area contributed by atoms with Crippen LogP contribution in [0.3, 0.4) is 0 Å². The number of amides is 1. The van der Waals surface area contributed by atoms with Crippen LogP contribution < -0.4 is 5.32 Å². The number of carbonyl (C=O) groups is 1. The summed E-state index contributed by atoms with van der Waals surface area (Å²) in [4.78, 5) is 16.2. The minimum Gasteiger partial charge on any atom is -0.353 e. The first kappa shape index (κ1) is 16.4. The molecule has 2 fully saturated rings. The zero-order valence-electron chi connectivity index (χ0n) is 14.0. The second-order valence-electron chi connectivity index (χ2n) is 6.93. The third-order valence-corrected chi connectivity index (χ3v) is 4.81. The van der Waals surface area contributed by atoms with Gasteiger partial charge in [0.1, 0.15) is 6.10 Å². The molecule has 23 heavy (non-hydrogen) atoms. The highest BCUT2D eigenvalue weighted by molar-refractivity contribution is 5.78. The van der Waals surface area contributed by atoms with E-state index in [2.05, 4.69) is 17.2 Å². The van der Waals surface area contributed by atoms with Gasteiger partial charge in [-0.25, -0.2) is 0 Å². The molecule has 1 saturated carbocycles. The van der Waals surface area contributed by atoms with Crippen LogP contribution in [0.2, 0.25) is 0 Å². The van der Waals surface area contributed by atoms with E-state index in [1.807, 2.05) is 19.1 Å². The number of nitrogens with zero attached hydrogens (tertiary/aromatic N) is 1. The van der Waals surface area contributed by atoms with Gasteiger partial charge in [0, 0.05) is 31.3 Å². The van der Waals surface area contributed by atoms with Crippen LogP contribution in [-0.2, 0) is 20.7 Å². The lowest BCUT2D eigenvalue weighted by molar-refractivity contribution is -0.191. The molecule has 1 aromatic heterocycles. The van der Waals surface area contributed by atoms with E-state index in [1.54, 1.807) is 6.20 Å². The number of aryl methyl sites for hydroxylation is 1. The Balaban J connectivity index is 1.42. The standard InChI is InChI=1S/C18H26N2O3/c1-13-5-7-18(8-6-13)22-12-16(23-18)11-20-17(21)9-15-4-3-14(2)19-10-15/h3-4,10,13,16H,5-9,11-12H2,1-2H3,(H,20,21). The molecule has 1 N–H and O–H groups in total. The molecule has 126 valence electrons. The molecule has 1 atom stereocenters. The van der Waals surface area contributed by atoms with Gasteiger partial charge in [0.25, 0.3) is 0 Å². The Morgan fingerprint density at radius 1 is 1.39 bits per heavy atom. The fraction of sp³-hybridized carbons (Fsp3) is 0.667. The first-order valence-electron chi connectivity index (χ1n) is 8.55. The maximum absolute atomic E-state index is 12.0. The van der Waals surface area contributed by atoms with Gasteiger partial charge in [-0.15, -0.1) is 0 Å². The van der Waals surface area contributed by atoms with Crippen molar-refractivity contribution in [2.45, 2.75) is 57.8 Å². The molecular weight excluding hydrogens is 292 g/mol. The van der Waals surface area contributed by atoms with Gasteiger partial charge in [0.15, 0.2) is 5.79 Å². The largest absolute Gasteiger partial charge is 0.353 e. The summed E-state index contributed by atoms with van der Waals surface area (Å²) in [6.07, 6.45) is 6.30. The van der Waals surface area contributed by atoms with Gasteiger partial charge in [-0.3, -0.25) is 9.78 Å². The predicted molar refractivity (Wildman–Crippen MR) is 86.9 cm³/mol. The molecular formula is C18H26N2O3. The number of ether oxygens (including phenoxy) is 2. The fourth-order valence-electron chi connectivity index (χ4n) is 3.26. The summed E-state index contributed by atoms with van der Waals surface area (Å²) < 4.78 is 12.0. The number of aromatic nitrogens is 1. The summed E-state index contributed by atoms with van der Waals surface area (Å²) in [5.41, 5.74) is 1.88. The summed E-state index contributed by atoms with van der Waals surface area (Å²) in [7, 11) is 0. The highest BCUT2D eigenvalue weighted by Gasteiger charge is 2.43. The van der Waals surface area contributed by atoms with Crippen molar-refractivity contribution in [3.63, 3.8) is 0 Å². The van der Waals surface area contributed by atoms with Gasteiger partial charge in [0.05, 0.1) is 13.0 Å². The summed E-state index contributed by atoms with van der Waals surface area (Å²) in [6, 6.07) is 3.86. The SMILES string of the molecule is Cc1ccc(CC(=O)NCC2COC3(CCC(C)CC3)O2)cn1. The monoisotopic (exact) mass is 318 g/mol. The number of rotatable bonds is 4. The van der Waals surface area contributed by atoms with Gasteiger partial charge in [0.2, 0.25) is 5.91 Å². The van der Waals surface area contributed by atoms with Crippen LogP contribution in [-0.4, -0.2) is 35.9 Å². The average Bonchev–Trinajstić information content (AvgIpc) is 2.94. The average molecular weight is 318 g/mol. The van der Waals surface area contributed by atoms with Crippen LogP contribution in [0.25, 0.3) is 0 Å². The number of pyridine rings is 1. The lowest BCUT2D eigenvalue weighted by Crippen LogP contribution is -2.38. The van der Waals surface area contributed by atoms with Crippen molar-refractivity contribution in [2.24, 2.45) is 5.92 Å². The molecule has 5 heteroatoms. The molecule has 2 aliphatic rings. The Bertz CT molecular complexity index is 536. The van der Waals surface area contributed by atoms with Crippen molar-refractivity contribution in [1.29, 1.82) is 0 Å². The second kappa shape index (κ2) is 6.97. The van der Waals surface area contributed by atoms with Crippen LogP contribution in [0.4, 0.5) is 0 Å². The van der Waals surface area contributed by atoms with Gasteiger partial charge in [-0.05, 0) is 37.3 Å². The quantitative estimate of drug-likeness (QED) is 0.926. The lowest BCUT2D eigenvalue weighted by Gasteiger charge is -2.34. The summed E-state index contributed by atoms with van der Waals surface area (Å²) >= 11 is 0. The number of hydrogen-bond acceptors (Lipinski definition) is 4. The molecule has 0 aromatic carbocycles. The smallest absolute Gasteiger partial charge is 0.224 e. The third-order valence-electron chi connectivity index (χ3n) is 4.81. The minimum atomic E-state index is -0.386. The van der Waals surface area contributed by atoms with Crippen molar-refractivity contribution < 1.29 is 14.3 Å². The van der Waals surface area contributed by atoms with Crippen LogP contribution in [0, 0.1) is 12.8 Å². The number of carbonyl (C=O) groups excluding carboxylic acids is 1. The zero-order valence-corrected chi connectivity index (χ0v) is 14.0. The molecule has 1 aromatic rings. The molecule has 1 unspecified atom stereocenters. The topological polar surface area (TPSA) is 60.5 Å². The van der Waals surface area contributed by atoms with Crippen LogP contribution >= 0.6 is 0 Å². The Hall–Kier alpha value is -1.46. The van der Waals surface area contributed by atoms with E-state index in [9.17, 15) is 4.79 Å². The van der Waals surface area contributed by atoms with E-state index >= 15 is 0 Å². The molecule has 2 heterocycles. The molecule has 1 saturated heterocycles. The molecule has 1 spiro atoms. The molecule has 1 aliphatic heterocycles. The molecule has 1 amide bonds. The Morgan fingerprint density at radius 3 is 2.87 bits per heavy atom. The maximum Gasteiger partial charge on any atom is 0.224 e. The van der Waals surface area contributed by atoms with E-state index in [4.69, 9.17) is 9.47 Å². The highest BCUT2D eigenvalue weighted by Crippen LogP contribution is 2.39. The molecule has 1 aliphatic carbocycles. The predicted octanol–water partition coefficient (Wildman–Crippen LogP) is 2.37. The van der Waals surface area contributed by atoms with E-state index in [-0.39, 0.29) is 17.8 Å². The number of hydrogen-bond donors (Lipinski definition) is 1. The Morgan fingerprint density at radius 2 is 2.17 bits per heavy atom. The normalized spacial score (nSPS) is 30.5. The van der Waals surface area contributed by atoms with Crippen LogP contribution in [0.5, 0.6) is 0 Å².